The predicted octanol–water partition coefficient (Wildman–Crippen LogP) is 3.11. The smallest absolute Gasteiger partial charge is 0.243 e. The SMILES string of the molecule is CC(=O)c1ccc(S(=O)(=O)N2CCN(Cc3ccc(Cl)s3)CC2)cc1. The molecule has 0 aliphatic carbocycles. The average molecular weight is 399 g/mol. The summed E-state index contributed by atoms with van der Waals surface area (Å²) in [6.45, 7) is 4.52. The second kappa shape index (κ2) is 7.55. The van der Waals surface area contributed by atoms with Gasteiger partial charge in [0.15, 0.2) is 5.78 Å². The van der Waals surface area contributed by atoms with Gasteiger partial charge in [0.05, 0.1) is 9.23 Å². The summed E-state index contributed by atoms with van der Waals surface area (Å²) in [7, 11) is -3.52. The molecule has 0 spiro atoms. The maximum absolute atomic E-state index is 12.7. The zero-order chi connectivity index (χ0) is 18.0. The molecular weight excluding hydrogens is 380 g/mol. The first-order valence-electron chi connectivity index (χ1n) is 7.94. The molecule has 134 valence electrons. The van der Waals surface area contributed by atoms with Gasteiger partial charge in [-0.1, -0.05) is 23.7 Å². The molecule has 0 N–H and O–H groups in total. The molecule has 2 heterocycles. The zero-order valence-electron chi connectivity index (χ0n) is 13.8. The van der Waals surface area contributed by atoms with Crippen LogP contribution in [0.4, 0.5) is 0 Å². The number of hydrogen-bond acceptors (Lipinski definition) is 5. The summed E-state index contributed by atoms with van der Waals surface area (Å²) in [5.74, 6) is -0.0776. The minimum atomic E-state index is -3.52. The first-order chi connectivity index (χ1) is 11.9. The van der Waals surface area contributed by atoms with Crippen LogP contribution in [0.2, 0.25) is 4.34 Å². The second-order valence-electron chi connectivity index (χ2n) is 5.97. The molecule has 2 aromatic rings. The highest BCUT2D eigenvalue weighted by molar-refractivity contribution is 7.89. The number of benzene rings is 1. The van der Waals surface area contributed by atoms with Crippen LogP contribution < -0.4 is 0 Å². The van der Waals surface area contributed by atoms with Crippen molar-refractivity contribution < 1.29 is 13.2 Å². The van der Waals surface area contributed by atoms with Crippen molar-refractivity contribution in [3.05, 3.63) is 51.2 Å². The lowest BCUT2D eigenvalue weighted by Crippen LogP contribution is -2.48. The van der Waals surface area contributed by atoms with Gasteiger partial charge in [-0.25, -0.2) is 8.42 Å². The number of halogens is 1. The maximum Gasteiger partial charge on any atom is 0.243 e. The Labute approximate surface area is 156 Å². The summed E-state index contributed by atoms with van der Waals surface area (Å²) in [6, 6.07) is 10.0. The van der Waals surface area contributed by atoms with E-state index in [1.165, 1.54) is 28.2 Å². The Hall–Kier alpha value is -1.25. The Balaban J connectivity index is 1.63. The van der Waals surface area contributed by atoms with E-state index >= 15 is 0 Å². The first-order valence-corrected chi connectivity index (χ1v) is 10.6. The summed E-state index contributed by atoms with van der Waals surface area (Å²) >= 11 is 7.50. The maximum atomic E-state index is 12.7. The topological polar surface area (TPSA) is 57.7 Å². The van der Waals surface area contributed by atoms with Gasteiger partial charge in [0.2, 0.25) is 10.0 Å². The molecule has 5 nitrogen and oxygen atoms in total. The fourth-order valence-corrected chi connectivity index (χ4v) is 5.35. The fourth-order valence-electron chi connectivity index (χ4n) is 2.80. The molecule has 0 saturated carbocycles. The van der Waals surface area contributed by atoms with Gasteiger partial charge >= 0.3 is 0 Å². The van der Waals surface area contributed by atoms with E-state index in [0.29, 0.717) is 31.7 Å². The number of carbonyl (C=O) groups excluding carboxylic acids is 1. The van der Waals surface area contributed by atoms with Crippen molar-refractivity contribution >= 4 is 38.7 Å². The van der Waals surface area contributed by atoms with E-state index in [9.17, 15) is 13.2 Å². The van der Waals surface area contributed by atoms with E-state index in [-0.39, 0.29) is 10.7 Å². The molecule has 1 saturated heterocycles. The van der Waals surface area contributed by atoms with Crippen molar-refractivity contribution in [2.45, 2.75) is 18.4 Å². The van der Waals surface area contributed by atoms with Gasteiger partial charge in [0.25, 0.3) is 0 Å². The molecule has 1 fully saturated rings. The van der Waals surface area contributed by atoms with Crippen LogP contribution in [0.1, 0.15) is 22.2 Å². The molecule has 0 amide bonds. The third kappa shape index (κ3) is 4.30. The van der Waals surface area contributed by atoms with Crippen LogP contribution in [0.3, 0.4) is 0 Å². The standard InChI is InChI=1S/C17H19ClN2O3S2/c1-13(21)14-2-5-16(6-3-14)25(22,23)20-10-8-19(9-11-20)12-15-4-7-17(18)24-15/h2-7H,8-12H2,1H3. The number of nitrogens with zero attached hydrogens (tertiary/aromatic N) is 2. The summed E-state index contributed by atoms with van der Waals surface area (Å²) < 4.78 is 27.8. The third-order valence-electron chi connectivity index (χ3n) is 4.24. The minimum Gasteiger partial charge on any atom is -0.296 e. The third-order valence-corrected chi connectivity index (χ3v) is 7.37. The summed E-state index contributed by atoms with van der Waals surface area (Å²) in [5.41, 5.74) is 0.512. The molecule has 1 aromatic heterocycles. The fraction of sp³-hybridized carbons (Fsp3) is 0.353. The Morgan fingerprint density at radius 3 is 2.24 bits per heavy atom. The molecule has 25 heavy (non-hydrogen) atoms. The van der Waals surface area contributed by atoms with E-state index in [1.54, 1.807) is 23.5 Å². The van der Waals surface area contributed by atoms with Gasteiger partial charge in [-0.05, 0) is 31.2 Å². The van der Waals surface area contributed by atoms with Crippen LogP contribution in [-0.4, -0.2) is 49.6 Å². The Morgan fingerprint density at radius 2 is 1.72 bits per heavy atom. The lowest BCUT2D eigenvalue weighted by atomic mass is 10.2. The quantitative estimate of drug-likeness (QED) is 0.726. The van der Waals surface area contributed by atoms with Crippen molar-refractivity contribution in [1.29, 1.82) is 0 Å². The molecule has 3 rings (SSSR count). The number of sulfonamides is 1. The number of Topliss-reactive ketones (excluding diaryl/α,β-unsaturated/α-hetero) is 1. The molecule has 1 aliphatic heterocycles. The monoisotopic (exact) mass is 398 g/mol. The first kappa shape index (κ1) is 18.5. The average Bonchev–Trinajstić information content (AvgIpc) is 3.00. The van der Waals surface area contributed by atoms with Gasteiger partial charge in [-0.3, -0.25) is 9.69 Å². The van der Waals surface area contributed by atoms with Gasteiger partial charge in [0, 0.05) is 43.2 Å². The van der Waals surface area contributed by atoms with Gasteiger partial charge in [-0.2, -0.15) is 4.31 Å². The summed E-state index contributed by atoms with van der Waals surface area (Å²) in [6.07, 6.45) is 0. The Bertz CT molecular complexity index is 854. The normalized spacial score (nSPS) is 16.9. The van der Waals surface area contributed by atoms with Crippen LogP contribution in [0.15, 0.2) is 41.3 Å². The molecule has 1 aliphatic rings. The largest absolute Gasteiger partial charge is 0.296 e. The number of rotatable bonds is 5. The van der Waals surface area contributed by atoms with Crippen LogP contribution in [0, 0.1) is 0 Å². The van der Waals surface area contributed by atoms with Crippen LogP contribution >= 0.6 is 22.9 Å². The molecule has 0 unspecified atom stereocenters. The van der Waals surface area contributed by atoms with Crippen molar-refractivity contribution in [3.8, 4) is 0 Å². The van der Waals surface area contributed by atoms with Gasteiger partial charge in [-0.15, -0.1) is 11.3 Å². The molecule has 0 radical (unpaired) electrons. The Morgan fingerprint density at radius 1 is 1.08 bits per heavy atom. The van der Waals surface area contributed by atoms with E-state index in [4.69, 9.17) is 11.6 Å². The summed E-state index contributed by atoms with van der Waals surface area (Å²) in [4.78, 5) is 15.0. The molecule has 1 aromatic carbocycles. The second-order valence-corrected chi connectivity index (χ2v) is 9.70. The predicted molar refractivity (Wildman–Crippen MR) is 99.8 cm³/mol. The zero-order valence-corrected chi connectivity index (χ0v) is 16.2. The lowest BCUT2D eigenvalue weighted by molar-refractivity contribution is 0.101. The molecule has 8 heteroatoms. The van der Waals surface area contributed by atoms with E-state index in [1.807, 2.05) is 12.1 Å². The number of hydrogen-bond donors (Lipinski definition) is 0. The molecule has 0 bridgehead atoms. The number of piperazine rings is 1. The van der Waals surface area contributed by atoms with Crippen LogP contribution in [0.5, 0.6) is 0 Å². The van der Waals surface area contributed by atoms with Crippen molar-refractivity contribution in [1.82, 2.24) is 9.21 Å². The van der Waals surface area contributed by atoms with E-state index in [0.717, 1.165) is 10.9 Å². The van der Waals surface area contributed by atoms with Crippen molar-refractivity contribution in [2.24, 2.45) is 0 Å². The summed E-state index contributed by atoms with van der Waals surface area (Å²) in [5, 5.41) is 0. The highest BCUT2D eigenvalue weighted by Gasteiger charge is 2.28. The number of thiophene rings is 1. The van der Waals surface area contributed by atoms with Gasteiger partial charge < -0.3 is 0 Å². The highest BCUT2D eigenvalue weighted by Crippen LogP contribution is 2.24. The van der Waals surface area contributed by atoms with Crippen LogP contribution in [-0.2, 0) is 16.6 Å². The number of ketones is 1. The van der Waals surface area contributed by atoms with Crippen molar-refractivity contribution in [3.63, 3.8) is 0 Å². The number of carbonyl (C=O) groups is 1. The van der Waals surface area contributed by atoms with Crippen molar-refractivity contribution in [2.75, 3.05) is 26.2 Å². The Kier molecular flexibility index (Phi) is 5.60. The van der Waals surface area contributed by atoms with E-state index < -0.39 is 10.0 Å². The van der Waals surface area contributed by atoms with Gasteiger partial charge in [0.1, 0.15) is 0 Å². The lowest BCUT2D eigenvalue weighted by Gasteiger charge is -2.33. The minimum absolute atomic E-state index is 0.0776. The molecule has 0 atom stereocenters. The highest BCUT2D eigenvalue weighted by atomic mass is 35.5. The molecular formula is C17H19ClN2O3S2. The van der Waals surface area contributed by atoms with Crippen LogP contribution in [0.25, 0.3) is 0 Å². The van der Waals surface area contributed by atoms with E-state index in [2.05, 4.69) is 4.90 Å².